The number of piperazine rings is 1. The smallest absolute Gasteiger partial charge is 0.338 e. The fourth-order valence-electron chi connectivity index (χ4n) is 4.91. The summed E-state index contributed by atoms with van der Waals surface area (Å²) < 4.78 is 1.45. The Balaban J connectivity index is 0.00000420. The second-order valence-electron chi connectivity index (χ2n) is 11.3. The lowest BCUT2D eigenvalue weighted by molar-refractivity contribution is -0.137. The summed E-state index contributed by atoms with van der Waals surface area (Å²) in [6.07, 6.45) is 4.73. The highest BCUT2D eigenvalue weighted by molar-refractivity contribution is 5.89. The van der Waals surface area contributed by atoms with Crippen LogP contribution in [0.2, 0.25) is 0 Å². The predicted molar refractivity (Wildman–Crippen MR) is 154 cm³/mol. The topological polar surface area (TPSA) is 143 Å². The summed E-state index contributed by atoms with van der Waals surface area (Å²) in [6, 6.07) is 9.11. The fraction of sp³-hybridized carbons (Fsp3) is 0.556. The molecule has 5 N–H and O–H groups in total. The number of rotatable bonds is 5. The van der Waals surface area contributed by atoms with Gasteiger partial charge in [-0.3, -0.25) is 19.6 Å². The van der Waals surface area contributed by atoms with Crippen LogP contribution in [-0.2, 0) is 11.3 Å². The lowest BCUT2D eigenvalue weighted by Crippen LogP contribution is -2.58. The maximum absolute atomic E-state index is 12.7. The zero-order chi connectivity index (χ0) is 27.5. The molecule has 0 aliphatic carbocycles. The first-order chi connectivity index (χ1) is 17.9. The highest BCUT2D eigenvalue weighted by Crippen LogP contribution is 2.21. The van der Waals surface area contributed by atoms with E-state index < -0.39 is 11.2 Å². The van der Waals surface area contributed by atoms with E-state index in [1.807, 2.05) is 24.3 Å². The number of likely N-dealkylation sites (tertiary alicyclic amines) is 1. The third-order valence-electron chi connectivity index (χ3n) is 7.29. The van der Waals surface area contributed by atoms with E-state index >= 15 is 0 Å². The van der Waals surface area contributed by atoms with Gasteiger partial charge in [-0.2, -0.15) is 4.98 Å². The molecule has 2 aromatic rings. The maximum Gasteiger partial charge on any atom is 0.354 e. The van der Waals surface area contributed by atoms with E-state index in [2.05, 4.69) is 22.1 Å². The number of benzene rings is 1. The molecular formula is C27H41ClN8O3. The van der Waals surface area contributed by atoms with Gasteiger partial charge in [-0.05, 0) is 70.3 Å². The van der Waals surface area contributed by atoms with Gasteiger partial charge in [-0.1, -0.05) is 12.1 Å². The first kappa shape index (κ1) is 30.6. The Bertz CT molecular complexity index is 1200. The Morgan fingerprint density at radius 2 is 1.64 bits per heavy atom. The summed E-state index contributed by atoms with van der Waals surface area (Å²) in [7, 11) is 0. The highest BCUT2D eigenvalue weighted by Gasteiger charge is 2.31. The number of anilines is 1. The number of nitrogens with two attached hydrogens (primary N) is 2. The van der Waals surface area contributed by atoms with Crippen molar-refractivity contribution in [1.82, 2.24) is 24.3 Å². The fourth-order valence-corrected chi connectivity index (χ4v) is 4.91. The van der Waals surface area contributed by atoms with Gasteiger partial charge in [-0.15, -0.1) is 12.4 Å². The van der Waals surface area contributed by atoms with Gasteiger partial charge >= 0.3 is 11.7 Å². The number of carbonyl (C=O) groups excluding carboxylic acids is 2. The molecule has 2 aliphatic rings. The number of halogens is 1. The minimum absolute atomic E-state index is 0. The lowest BCUT2D eigenvalue weighted by Gasteiger charge is -2.37. The van der Waals surface area contributed by atoms with Crippen LogP contribution in [0.3, 0.4) is 0 Å². The van der Waals surface area contributed by atoms with Gasteiger partial charge in [-0.25, -0.2) is 9.59 Å². The number of urea groups is 1. The molecule has 4 rings (SSSR count). The van der Waals surface area contributed by atoms with Crippen molar-refractivity contribution in [2.45, 2.75) is 57.7 Å². The number of aromatic nitrogens is 2. The number of nitrogens with zero attached hydrogens (tertiary/aromatic N) is 5. The molecule has 0 spiro atoms. The van der Waals surface area contributed by atoms with E-state index in [0.717, 1.165) is 38.9 Å². The van der Waals surface area contributed by atoms with Crippen molar-refractivity contribution in [2.75, 3.05) is 44.6 Å². The minimum atomic E-state index is -0.946. The van der Waals surface area contributed by atoms with Crippen LogP contribution in [0.1, 0.15) is 45.6 Å². The highest BCUT2D eigenvalue weighted by atomic mass is 35.5. The van der Waals surface area contributed by atoms with Crippen molar-refractivity contribution in [3.8, 4) is 5.69 Å². The normalized spacial score (nSPS) is 20.6. The Morgan fingerprint density at radius 1 is 1.00 bits per heavy atom. The molecule has 11 nitrogen and oxygen atoms in total. The van der Waals surface area contributed by atoms with E-state index in [1.54, 1.807) is 35.9 Å². The van der Waals surface area contributed by atoms with E-state index in [-0.39, 0.29) is 35.7 Å². The van der Waals surface area contributed by atoms with Gasteiger partial charge in [0.2, 0.25) is 5.91 Å². The second kappa shape index (κ2) is 12.5. The average molecular weight is 561 g/mol. The van der Waals surface area contributed by atoms with Crippen molar-refractivity contribution in [3.63, 3.8) is 0 Å². The molecule has 3 heterocycles. The number of amides is 3. The Morgan fingerprint density at radius 3 is 2.26 bits per heavy atom. The first-order valence-electron chi connectivity index (χ1n) is 13.3. The lowest BCUT2D eigenvalue weighted by atomic mass is 9.95. The molecule has 12 heteroatoms. The SMILES string of the molecule is CC1(N)CCCN(Cc2ccc(-n3ccc(NC(=O)N4CCN(C(=O)C(C)(C)N)CC4)nc3=O)cc2)CC1.Cl. The molecule has 3 amide bonds. The van der Waals surface area contributed by atoms with E-state index in [0.29, 0.717) is 31.9 Å². The quantitative estimate of drug-likeness (QED) is 0.505. The van der Waals surface area contributed by atoms with Gasteiger partial charge in [0, 0.05) is 51.0 Å². The first-order valence-corrected chi connectivity index (χ1v) is 13.3. The third-order valence-corrected chi connectivity index (χ3v) is 7.29. The molecule has 0 bridgehead atoms. The van der Waals surface area contributed by atoms with Crippen LogP contribution in [-0.4, -0.2) is 86.5 Å². The van der Waals surface area contributed by atoms with Crippen molar-refractivity contribution >= 4 is 30.2 Å². The molecule has 0 saturated carbocycles. The predicted octanol–water partition coefficient (Wildman–Crippen LogP) is 1.77. The van der Waals surface area contributed by atoms with E-state index in [1.165, 1.54) is 10.1 Å². The summed E-state index contributed by atoms with van der Waals surface area (Å²) in [5.41, 5.74) is 12.6. The molecule has 1 aromatic heterocycles. The average Bonchev–Trinajstić information content (AvgIpc) is 3.04. The number of carbonyl (C=O) groups is 2. The monoisotopic (exact) mass is 560 g/mol. The van der Waals surface area contributed by atoms with Crippen LogP contribution in [0.25, 0.3) is 5.69 Å². The van der Waals surface area contributed by atoms with Crippen molar-refractivity contribution in [3.05, 3.63) is 52.6 Å². The van der Waals surface area contributed by atoms with Gasteiger partial charge in [0.25, 0.3) is 0 Å². The van der Waals surface area contributed by atoms with Gasteiger partial charge in [0.15, 0.2) is 0 Å². The molecule has 2 aliphatic heterocycles. The van der Waals surface area contributed by atoms with E-state index in [9.17, 15) is 14.4 Å². The van der Waals surface area contributed by atoms with Crippen molar-refractivity contribution in [2.24, 2.45) is 11.5 Å². The number of hydrogen-bond donors (Lipinski definition) is 3. The summed E-state index contributed by atoms with van der Waals surface area (Å²) in [4.78, 5) is 47.5. The van der Waals surface area contributed by atoms with Crippen LogP contribution in [0, 0.1) is 0 Å². The summed E-state index contributed by atoms with van der Waals surface area (Å²) in [5.74, 6) is 0.0412. The molecule has 1 atom stereocenters. The Labute approximate surface area is 235 Å². The summed E-state index contributed by atoms with van der Waals surface area (Å²) in [6.45, 7) is 9.89. The Hall–Kier alpha value is -2.99. The molecular weight excluding hydrogens is 520 g/mol. The zero-order valence-electron chi connectivity index (χ0n) is 23.1. The van der Waals surface area contributed by atoms with Crippen LogP contribution >= 0.6 is 12.4 Å². The van der Waals surface area contributed by atoms with Gasteiger partial charge in [0.05, 0.1) is 11.2 Å². The van der Waals surface area contributed by atoms with E-state index in [4.69, 9.17) is 11.5 Å². The molecule has 1 aromatic carbocycles. The third kappa shape index (κ3) is 8.01. The van der Waals surface area contributed by atoms with Crippen molar-refractivity contribution in [1.29, 1.82) is 0 Å². The van der Waals surface area contributed by atoms with Crippen LogP contribution in [0.15, 0.2) is 41.3 Å². The van der Waals surface area contributed by atoms with Crippen LogP contribution < -0.4 is 22.5 Å². The molecule has 1 unspecified atom stereocenters. The number of hydrogen-bond acceptors (Lipinski definition) is 7. The van der Waals surface area contributed by atoms with Crippen molar-refractivity contribution < 1.29 is 9.59 Å². The zero-order valence-corrected chi connectivity index (χ0v) is 23.9. The molecule has 2 fully saturated rings. The van der Waals surface area contributed by atoms with Crippen LogP contribution in [0.4, 0.5) is 10.6 Å². The summed E-state index contributed by atoms with van der Waals surface area (Å²) in [5, 5.41) is 2.69. The largest absolute Gasteiger partial charge is 0.354 e. The number of nitrogens with one attached hydrogen (secondary N) is 1. The molecule has 2 saturated heterocycles. The molecule has 0 radical (unpaired) electrons. The second-order valence-corrected chi connectivity index (χ2v) is 11.3. The molecule has 214 valence electrons. The van der Waals surface area contributed by atoms with Gasteiger partial charge < -0.3 is 21.3 Å². The minimum Gasteiger partial charge on any atom is -0.338 e. The Kier molecular flexibility index (Phi) is 9.76. The van der Waals surface area contributed by atoms with Gasteiger partial charge in [0.1, 0.15) is 5.82 Å². The standard InChI is InChI=1S/C27H40N8O3.ClH/c1-26(2,28)23(36)33-15-17-34(18-16-33)24(37)30-22-9-13-35(25(38)31-22)21-7-5-20(6-8-21)19-32-12-4-10-27(3,29)11-14-32;/h5-9,13H,4,10-12,14-19,28-29H2,1-3H3,(H,30,31,37,38);1H. The maximum atomic E-state index is 12.7. The summed E-state index contributed by atoms with van der Waals surface area (Å²) >= 11 is 0. The molecule has 39 heavy (non-hydrogen) atoms. The van der Waals surface area contributed by atoms with Crippen LogP contribution in [0.5, 0.6) is 0 Å².